The molecule has 0 aliphatic rings. The molecule has 5 nitrogen and oxygen atoms in total. The van der Waals surface area contributed by atoms with Gasteiger partial charge in [-0.2, -0.15) is 0 Å². The molecule has 0 bridgehead atoms. The van der Waals surface area contributed by atoms with E-state index in [9.17, 15) is 0 Å². The maximum Gasteiger partial charge on any atom is 0.164 e. The quantitative estimate of drug-likeness (QED) is 0.180. The molecule has 0 saturated heterocycles. The number of aromatic nitrogens is 5. The average Bonchev–Trinajstić information content (AvgIpc) is 3.57. The van der Waals surface area contributed by atoms with Crippen molar-refractivity contribution in [2.24, 2.45) is 0 Å². The number of fused-ring (bicyclic) bond motifs is 3. The van der Waals surface area contributed by atoms with E-state index in [4.69, 9.17) is 24.9 Å². The summed E-state index contributed by atoms with van der Waals surface area (Å²) < 4.78 is 2.15. The molecule has 0 atom stereocenters. The van der Waals surface area contributed by atoms with Crippen molar-refractivity contribution < 1.29 is 0 Å². The van der Waals surface area contributed by atoms with Gasteiger partial charge in [-0.15, -0.1) is 11.3 Å². The van der Waals surface area contributed by atoms with Crippen molar-refractivity contribution in [2.75, 3.05) is 0 Å². The van der Waals surface area contributed by atoms with Crippen molar-refractivity contribution in [3.05, 3.63) is 164 Å². The Kier molecular flexibility index (Phi) is 7.26. The van der Waals surface area contributed by atoms with Crippen molar-refractivity contribution in [3.8, 4) is 67.9 Å². The molecule has 9 aromatic rings. The Balaban J connectivity index is 1.19. The Morgan fingerprint density at radius 2 is 0.735 bits per heavy atom. The van der Waals surface area contributed by atoms with Crippen molar-refractivity contribution in [1.82, 2.24) is 24.9 Å². The van der Waals surface area contributed by atoms with E-state index in [1.165, 1.54) is 5.56 Å². The minimum Gasteiger partial charge on any atom is -0.226 e. The maximum atomic E-state index is 5.12. The van der Waals surface area contributed by atoms with Gasteiger partial charge in [0.2, 0.25) is 0 Å². The van der Waals surface area contributed by atoms with Crippen LogP contribution in [0.2, 0.25) is 0 Å². The molecule has 0 fully saturated rings. The zero-order valence-electron chi connectivity index (χ0n) is 26.2. The Hall–Kier alpha value is -6.37. The van der Waals surface area contributed by atoms with Crippen LogP contribution in [0.15, 0.2) is 164 Å². The predicted octanol–water partition coefficient (Wildman–Crippen LogP) is 11.0. The summed E-state index contributed by atoms with van der Waals surface area (Å²) in [5.74, 6) is 2.59. The summed E-state index contributed by atoms with van der Waals surface area (Å²) in [4.78, 5) is 25.2. The van der Waals surface area contributed by atoms with Crippen molar-refractivity contribution in [2.45, 2.75) is 0 Å². The second kappa shape index (κ2) is 12.3. The monoisotopic (exact) mass is 645 g/mol. The summed E-state index contributed by atoms with van der Waals surface area (Å²) >= 11 is 1.70. The summed E-state index contributed by atoms with van der Waals surface area (Å²) in [6.45, 7) is 0. The molecule has 0 N–H and O–H groups in total. The molecular weight excluding hydrogens is 619 g/mol. The zero-order chi connectivity index (χ0) is 32.6. The van der Waals surface area contributed by atoms with Crippen LogP contribution in [-0.2, 0) is 0 Å². The highest BCUT2D eigenvalue weighted by molar-refractivity contribution is 7.26. The molecule has 3 aromatic heterocycles. The van der Waals surface area contributed by atoms with Gasteiger partial charge >= 0.3 is 0 Å². The molecule has 0 unspecified atom stereocenters. The lowest BCUT2D eigenvalue weighted by Gasteiger charge is -2.09. The van der Waals surface area contributed by atoms with Gasteiger partial charge in [0.15, 0.2) is 23.3 Å². The van der Waals surface area contributed by atoms with Gasteiger partial charge in [0.1, 0.15) is 0 Å². The molecule has 0 amide bonds. The van der Waals surface area contributed by atoms with Crippen LogP contribution in [0.1, 0.15) is 0 Å². The molecule has 6 heteroatoms. The minimum atomic E-state index is 0.620. The predicted molar refractivity (Wildman–Crippen MR) is 201 cm³/mol. The topological polar surface area (TPSA) is 64.5 Å². The van der Waals surface area contributed by atoms with Gasteiger partial charge in [-0.25, -0.2) is 24.9 Å². The lowest BCUT2D eigenvalue weighted by atomic mass is 10.0. The Labute approximate surface area is 287 Å². The van der Waals surface area contributed by atoms with Crippen molar-refractivity contribution in [1.29, 1.82) is 0 Å². The normalized spacial score (nSPS) is 11.3. The van der Waals surface area contributed by atoms with Gasteiger partial charge in [-0.05, 0) is 17.2 Å². The van der Waals surface area contributed by atoms with Crippen molar-refractivity contribution in [3.63, 3.8) is 0 Å². The number of benzene rings is 6. The lowest BCUT2D eigenvalue weighted by molar-refractivity contribution is 1.07. The first kappa shape index (κ1) is 28.8. The van der Waals surface area contributed by atoms with E-state index in [0.29, 0.717) is 23.3 Å². The van der Waals surface area contributed by atoms with Gasteiger partial charge in [0, 0.05) is 37.9 Å². The van der Waals surface area contributed by atoms with Gasteiger partial charge < -0.3 is 0 Å². The van der Waals surface area contributed by atoms with E-state index < -0.39 is 0 Å². The number of rotatable bonds is 6. The molecular formula is C43H27N5S. The van der Waals surface area contributed by atoms with Gasteiger partial charge in [-0.3, -0.25) is 0 Å². The molecule has 0 spiro atoms. The average molecular weight is 646 g/mol. The standard InChI is InChI=1S/C43H27N5S/c1-5-13-28(14-6-1)29-21-23-33(24-22-29)42-46-41(32-19-11-4-12-20-32)47-43(48-42)34-25-26-35-36(27-34)49-39-37(30-15-7-2-8-16-30)44-40(45-38(35)39)31-17-9-3-10-18-31/h1-27H. The largest absolute Gasteiger partial charge is 0.226 e. The number of hydrogen-bond acceptors (Lipinski definition) is 6. The summed E-state index contributed by atoms with van der Waals surface area (Å²) in [5, 5.41) is 1.08. The van der Waals surface area contributed by atoms with Gasteiger partial charge in [0.25, 0.3) is 0 Å². The third-order valence-electron chi connectivity index (χ3n) is 8.57. The molecule has 3 heterocycles. The minimum absolute atomic E-state index is 0.620. The summed E-state index contributed by atoms with van der Waals surface area (Å²) in [7, 11) is 0. The molecule has 0 radical (unpaired) electrons. The van der Waals surface area contributed by atoms with Crippen LogP contribution in [0.3, 0.4) is 0 Å². The van der Waals surface area contributed by atoms with Gasteiger partial charge in [-0.1, -0.05) is 158 Å². The summed E-state index contributed by atoms with van der Waals surface area (Å²) in [6, 6.07) is 55.8. The zero-order valence-corrected chi connectivity index (χ0v) is 27.0. The highest BCUT2D eigenvalue weighted by atomic mass is 32.1. The number of nitrogens with zero attached hydrogens (tertiary/aromatic N) is 5. The van der Waals surface area contributed by atoms with E-state index in [2.05, 4.69) is 103 Å². The van der Waals surface area contributed by atoms with Crippen LogP contribution < -0.4 is 0 Å². The molecule has 230 valence electrons. The second-order valence-corrected chi connectivity index (χ2v) is 12.8. The molecule has 0 aliphatic carbocycles. The van der Waals surface area contributed by atoms with Crippen molar-refractivity contribution >= 4 is 31.6 Å². The van der Waals surface area contributed by atoms with E-state index in [1.807, 2.05) is 60.7 Å². The summed E-state index contributed by atoms with van der Waals surface area (Å²) in [6.07, 6.45) is 0. The molecule has 49 heavy (non-hydrogen) atoms. The first-order chi connectivity index (χ1) is 24.3. The fraction of sp³-hybridized carbons (Fsp3) is 0. The lowest BCUT2D eigenvalue weighted by Crippen LogP contribution is -2.00. The Bertz CT molecular complexity index is 2570. The number of thiophene rings is 1. The molecule has 6 aromatic carbocycles. The van der Waals surface area contributed by atoms with Crippen LogP contribution in [0.4, 0.5) is 0 Å². The van der Waals surface area contributed by atoms with Crippen LogP contribution in [0.25, 0.3) is 88.2 Å². The summed E-state index contributed by atoms with van der Waals surface area (Å²) in [5.41, 5.74) is 9.02. The Morgan fingerprint density at radius 3 is 1.31 bits per heavy atom. The molecule has 9 rings (SSSR count). The first-order valence-electron chi connectivity index (χ1n) is 16.1. The maximum absolute atomic E-state index is 5.12. The highest BCUT2D eigenvalue weighted by Gasteiger charge is 2.18. The molecule has 0 saturated carbocycles. The fourth-order valence-electron chi connectivity index (χ4n) is 6.08. The third kappa shape index (κ3) is 5.54. The van der Waals surface area contributed by atoms with Crippen LogP contribution >= 0.6 is 11.3 Å². The van der Waals surface area contributed by atoms with Crippen LogP contribution in [-0.4, -0.2) is 24.9 Å². The fourth-order valence-corrected chi connectivity index (χ4v) is 7.27. The number of hydrogen-bond donors (Lipinski definition) is 0. The SMILES string of the molecule is c1ccc(-c2ccc(-c3nc(-c4ccccc4)nc(-c4ccc5c(c4)sc4c(-c6ccccc6)nc(-c6ccccc6)nc45)n3)cc2)cc1. The van der Waals surface area contributed by atoms with E-state index in [0.717, 1.165) is 59.4 Å². The smallest absolute Gasteiger partial charge is 0.164 e. The molecule has 0 aliphatic heterocycles. The third-order valence-corrected chi connectivity index (χ3v) is 9.72. The first-order valence-corrected chi connectivity index (χ1v) is 16.9. The van der Waals surface area contributed by atoms with E-state index in [-0.39, 0.29) is 0 Å². The van der Waals surface area contributed by atoms with Crippen LogP contribution in [0, 0.1) is 0 Å². The van der Waals surface area contributed by atoms with Crippen LogP contribution in [0.5, 0.6) is 0 Å². The van der Waals surface area contributed by atoms with Gasteiger partial charge in [0.05, 0.1) is 15.9 Å². The van der Waals surface area contributed by atoms with E-state index >= 15 is 0 Å². The highest BCUT2D eigenvalue weighted by Crippen LogP contribution is 2.41. The van der Waals surface area contributed by atoms with E-state index in [1.54, 1.807) is 11.3 Å². The Morgan fingerprint density at radius 1 is 0.327 bits per heavy atom. The second-order valence-electron chi connectivity index (χ2n) is 11.7.